The van der Waals surface area contributed by atoms with E-state index < -0.39 is 23.2 Å². The number of halogens is 3. The van der Waals surface area contributed by atoms with Gasteiger partial charge >= 0.3 is 6.18 Å². The number of nitrogens with one attached hydrogen (secondary N) is 1. The molecule has 0 fully saturated rings. The monoisotopic (exact) mass is 354 g/mol. The molecule has 0 radical (unpaired) electrons. The highest BCUT2D eigenvalue weighted by Gasteiger charge is 2.59. The molecule has 0 aliphatic rings. The van der Waals surface area contributed by atoms with Crippen LogP contribution < -0.4 is 10.1 Å². The van der Waals surface area contributed by atoms with E-state index in [9.17, 15) is 23.3 Å². The molecule has 2 aromatic carbocycles. The summed E-state index contributed by atoms with van der Waals surface area (Å²) in [6, 6.07) is 13.3. The second kappa shape index (κ2) is 7.52. The van der Waals surface area contributed by atoms with Crippen molar-refractivity contribution in [1.29, 1.82) is 0 Å². The lowest BCUT2D eigenvalue weighted by molar-refractivity contribution is -0.504. The Morgan fingerprint density at radius 1 is 1.08 bits per heavy atom. The van der Waals surface area contributed by atoms with Gasteiger partial charge in [-0.15, -0.1) is 0 Å². The highest BCUT2D eigenvalue weighted by molar-refractivity contribution is 5.30. The predicted octanol–water partition coefficient (Wildman–Crippen LogP) is 3.52. The summed E-state index contributed by atoms with van der Waals surface area (Å²) >= 11 is 0. The Morgan fingerprint density at radius 2 is 1.68 bits per heavy atom. The summed E-state index contributed by atoms with van der Waals surface area (Å²) in [5.74, 6) is 0.569. The van der Waals surface area contributed by atoms with Crippen LogP contribution in [0.3, 0.4) is 0 Å². The number of ether oxygens (including phenoxy) is 1. The molecular formula is C17H17F3N2O3. The molecule has 0 unspecified atom stereocenters. The van der Waals surface area contributed by atoms with Crippen molar-refractivity contribution >= 4 is 0 Å². The Morgan fingerprint density at radius 3 is 2.16 bits per heavy atom. The maximum atomic E-state index is 13.9. The molecule has 0 aromatic heterocycles. The molecule has 0 spiro atoms. The zero-order valence-corrected chi connectivity index (χ0v) is 13.4. The van der Waals surface area contributed by atoms with E-state index in [4.69, 9.17) is 4.74 Å². The van der Waals surface area contributed by atoms with Crippen LogP contribution in [0.25, 0.3) is 0 Å². The Balaban J connectivity index is 2.37. The molecular weight excluding hydrogens is 337 g/mol. The fourth-order valence-corrected chi connectivity index (χ4v) is 2.52. The predicted molar refractivity (Wildman–Crippen MR) is 85.9 cm³/mol. The maximum Gasteiger partial charge on any atom is 0.417 e. The average Bonchev–Trinajstić information content (AvgIpc) is 2.58. The molecule has 25 heavy (non-hydrogen) atoms. The first-order chi connectivity index (χ1) is 11.8. The average molecular weight is 354 g/mol. The van der Waals surface area contributed by atoms with Crippen LogP contribution in [0.4, 0.5) is 13.2 Å². The quantitative estimate of drug-likeness (QED) is 0.610. The van der Waals surface area contributed by atoms with Gasteiger partial charge in [-0.25, -0.2) is 0 Å². The number of rotatable bonds is 7. The molecule has 134 valence electrons. The normalized spacial score (nSPS) is 13.9. The molecule has 1 atom stereocenters. The second-order valence-corrected chi connectivity index (χ2v) is 5.46. The first-order valence-electron chi connectivity index (χ1n) is 7.40. The molecule has 2 rings (SSSR count). The second-order valence-electron chi connectivity index (χ2n) is 5.46. The summed E-state index contributed by atoms with van der Waals surface area (Å²) in [7, 11) is 1.48. The molecule has 0 aliphatic carbocycles. The number of nitro groups is 1. The molecule has 0 saturated heterocycles. The first kappa shape index (κ1) is 18.7. The zero-order valence-electron chi connectivity index (χ0n) is 13.4. The van der Waals surface area contributed by atoms with Crippen LogP contribution in [-0.2, 0) is 12.1 Å². The number of hydrogen-bond donors (Lipinski definition) is 1. The Kier molecular flexibility index (Phi) is 5.63. The minimum absolute atomic E-state index is 0.188. The number of nitrogens with zero attached hydrogens (tertiary/aromatic N) is 1. The van der Waals surface area contributed by atoms with Crippen LogP contribution in [0.15, 0.2) is 54.6 Å². The fraction of sp³-hybridized carbons (Fsp3) is 0.294. The SMILES string of the molecule is COc1ccc(CN[C@@](C[N+](=O)[O-])(c2ccccc2)C(F)(F)F)cc1. The van der Waals surface area contributed by atoms with E-state index in [0.717, 1.165) is 0 Å². The van der Waals surface area contributed by atoms with Crippen LogP contribution in [-0.4, -0.2) is 24.8 Å². The van der Waals surface area contributed by atoms with Crippen LogP contribution in [0.2, 0.25) is 0 Å². The van der Waals surface area contributed by atoms with E-state index in [0.29, 0.717) is 11.3 Å². The van der Waals surface area contributed by atoms with E-state index >= 15 is 0 Å². The van der Waals surface area contributed by atoms with E-state index in [1.165, 1.54) is 31.4 Å². The molecule has 0 bridgehead atoms. The molecule has 0 heterocycles. The Hall–Kier alpha value is -2.61. The van der Waals surface area contributed by atoms with E-state index in [1.807, 2.05) is 0 Å². The van der Waals surface area contributed by atoms with Gasteiger partial charge in [0.05, 0.1) is 7.11 Å². The molecule has 8 heteroatoms. The van der Waals surface area contributed by atoms with Crippen LogP contribution in [0, 0.1) is 10.1 Å². The minimum Gasteiger partial charge on any atom is -0.497 e. The number of methoxy groups -OCH3 is 1. The lowest BCUT2D eigenvalue weighted by Crippen LogP contribution is -2.58. The molecule has 0 aliphatic heterocycles. The van der Waals surface area contributed by atoms with Gasteiger partial charge in [0.1, 0.15) is 5.75 Å². The molecule has 0 saturated carbocycles. The summed E-state index contributed by atoms with van der Waals surface area (Å²) in [5, 5.41) is 13.3. The van der Waals surface area contributed by atoms with Crippen molar-refractivity contribution in [1.82, 2.24) is 5.32 Å². The lowest BCUT2D eigenvalue weighted by Gasteiger charge is -2.33. The summed E-state index contributed by atoms with van der Waals surface area (Å²) in [6.07, 6.45) is -4.85. The van der Waals surface area contributed by atoms with Crippen molar-refractivity contribution in [2.75, 3.05) is 13.7 Å². The topological polar surface area (TPSA) is 64.4 Å². The maximum absolute atomic E-state index is 13.9. The van der Waals surface area contributed by atoms with Gasteiger partial charge in [0.15, 0.2) is 0 Å². The van der Waals surface area contributed by atoms with Crippen molar-refractivity contribution in [3.05, 3.63) is 75.8 Å². The van der Waals surface area contributed by atoms with Crippen molar-refractivity contribution in [3.63, 3.8) is 0 Å². The standard InChI is InChI=1S/C17H17F3N2O3/c1-25-15-9-7-13(8-10-15)11-21-16(12-22(23)24,17(18,19)20)14-5-3-2-4-6-14/h2-10,21H,11-12H2,1H3/t16-/m0/s1. The largest absolute Gasteiger partial charge is 0.497 e. The zero-order chi connectivity index (χ0) is 18.5. The van der Waals surface area contributed by atoms with Gasteiger partial charge in [0, 0.05) is 11.5 Å². The lowest BCUT2D eigenvalue weighted by atomic mass is 9.88. The fourth-order valence-electron chi connectivity index (χ4n) is 2.52. The van der Waals surface area contributed by atoms with Crippen LogP contribution in [0.1, 0.15) is 11.1 Å². The summed E-state index contributed by atoms with van der Waals surface area (Å²) in [5.41, 5.74) is -2.43. The van der Waals surface area contributed by atoms with E-state index in [-0.39, 0.29) is 12.1 Å². The van der Waals surface area contributed by atoms with Crippen LogP contribution in [0.5, 0.6) is 5.75 Å². The van der Waals surface area contributed by atoms with E-state index in [2.05, 4.69) is 5.32 Å². The number of benzene rings is 2. The van der Waals surface area contributed by atoms with Gasteiger partial charge < -0.3 is 4.74 Å². The van der Waals surface area contributed by atoms with Crippen LogP contribution >= 0.6 is 0 Å². The third-order valence-electron chi connectivity index (χ3n) is 3.87. The number of alkyl halides is 3. The minimum atomic E-state index is -4.85. The van der Waals surface area contributed by atoms with Gasteiger partial charge in [0.25, 0.3) is 0 Å². The van der Waals surface area contributed by atoms with Gasteiger partial charge in [-0.2, -0.15) is 13.2 Å². The van der Waals surface area contributed by atoms with Crippen molar-refractivity contribution in [2.24, 2.45) is 0 Å². The highest BCUT2D eigenvalue weighted by atomic mass is 19.4. The smallest absolute Gasteiger partial charge is 0.417 e. The first-order valence-corrected chi connectivity index (χ1v) is 7.40. The van der Waals surface area contributed by atoms with Gasteiger partial charge in [-0.3, -0.25) is 15.4 Å². The van der Waals surface area contributed by atoms with Crippen molar-refractivity contribution < 1.29 is 22.8 Å². The highest BCUT2D eigenvalue weighted by Crippen LogP contribution is 2.39. The Bertz CT molecular complexity index is 705. The Labute approximate surface area is 142 Å². The molecule has 0 amide bonds. The summed E-state index contributed by atoms with van der Waals surface area (Å²) in [6.45, 7) is -1.50. The molecule has 2 aromatic rings. The van der Waals surface area contributed by atoms with Gasteiger partial charge in [-0.05, 0) is 23.3 Å². The van der Waals surface area contributed by atoms with Crippen molar-refractivity contribution in [3.8, 4) is 5.75 Å². The van der Waals surface area contributed by atoms with E-state index in [1.54, 1.807) is 30.3 Å². The van der Waals surface area contributed by atoms with Gasteiger partial charge in [-0.1, -0.05) is 42.5 Å². The molecule has 1 N–H and O–H groups in total. The third kappa shape index (κ3) is 4.27. The summed E-state index contributed by atoms with van der Waals surface area (Å²) in [4.78, 5) is 10.0. The third-order valence-corrected chi connectivity index (χ3v) is 3.87. The van der Waals surface area contributed by atoms with Gasteiger partial charge in [0.2, 0.25) is 12.1 Å². The number of hydrogen-bond acceptors (Lipinski definition) is 4. The summed E-state index contributed by atoms with van der Waals surface area (Å²) < 4.78 is 46.6. The molecule has 5 nitrogen and oxygen atoms in total. The van der Waals surface area contributed by atoms with Crippen molar-refractivity contribution in [2.45, 2.75) is 18.3 Å².